The van der Waals surface area contributed by atoms with Gasteiger partial charge in [0.1, 0.15) is 11.5 Å². The predicted octanol–water partition coefficient (Wildman–Crippen LogP) is 1.98. The van der Waals surface area contributed by atoms with Crippen LogP contribution in [-0.4, -0.2) is 33.9 Å². The fourth-order valence-corrected chi connectivity index (χ4v) is 2.51. The number of ether oxygens (including phenoxy) is 3. The van der Waals surface area contributed by atoms with Crippen molar-refractivity contribution in [2.24, 2.45) is 0 Å². The molecule has 1 fully saturated rings. The third kappa shape index (κ3) is 2.31. The lowest BCUT2D eigenvalue weighted by Gasteiger charge is -2.28. The Morgan fingerprint density at radius 3 is 2.61 bits per heavy atom. The Hall–Kier alpha value is -1.26. The SMILES string of the molecule is COc1cc(C)c(OC)c(C2CNCCO2)c1C. The summed E-state index contributed by atoms with van der Waals surface area (Å²) in [7, 11) is 3.39. The van der Waals surface area contributed by atoms with E-state index in [4.69, 9.17) is 14.2 Å². The maximum absolute atomic E-state index is 5.84. The van der Waals surface area contributed by atoms with E-state index in [0.717, 1.165) is 47.9 Å². The summed E-state index contributed by atoms with van der Waals surface area (Å²) >= 11 is 0. The molecule has 1 aliphatic heterocycles. The number of nitrogens with one attached hydrogen (secondary N) is 1. The maximum atomic E-state index is 5.84. The van der Waals surface area contributed by atoms with Crippen LogP contribution in [0.4, 0.5) is 0 Å². The standard InChI is InChI=1S/C14H21NO3/c1-9-7-11(16-3)10(2)13(14(9)17-4)12-8-15-5-6-18-12/h7,12,15H,5-6,8H2,1-4H3. The summed E-state index contributed by atoms with van der Waals surface area (Å²) in [4.78, 5) is 0. The summed E-state index contributed by atoms with van der Waals surface area (Å²) in [5, 5.41) is 3.35. The van der Waals surface area contributed by atoms with Gasteiger partial charge in [0, 0.05) is 24.2 Å². The van der Waals surface area contributed by atoms with Crippen LogP contribution in [0.2, 0.25) is 0 Å². The van der Waals surface area contributed by atoms with E-state index < -0.39 is 0 Å². The highest BCUT2D eigenvalue weighted by Gasteiger charge is 2.25. The van der Waals surface area contributed by atoms with Crippen molar-refractivity contribution in [3.05, 3.63) is 22.8 Å². The molecule has 4 heteroatoms. The third-order valence-corrected chi connectivity index (χ3v) is 3.40. The van der Waals surface area contributed by atoms with Gasteiger partial charge in [-0.25, -0.2) is 0 Å². The molecule has 4 nitrogen and oxygen atoms in total. The largest absolute Gasteiger partial charge is 0.496 e. The van der Waals surface area contributed by atoms with Crippen LogP contribution >= 0.6 is 0 Å². The van der Waals surface area contributed by atoms with Gasteiger partial charge in [0.15, 0.2) is 0 Å². The van der Waals surface area contributed by atoms with Crippen LogP contribution in [0.1, 0.15) is 22.8 Å². The predicted molar refractivity (Wildman–Crippen MR) is 70.6 cm³/mol. The second-order valence-electron chi connectivity index (χ2n) is 4.53. The van der Waals surface area contributed by atoms with Gasteiger partial charge in [0.05, 0.1) is 26.9 Å². The van der Waals surface area contributed by atoms with Crippen LogP contribution in [0.25, 0.3) is 0 Å². The maximum Gasteiger partial charge on any atom is 0.128 e. The van der Waals surface area contributed by atoms with Crippen LogP contribution in [-0.2, 0) is 4.74 Å². The van der Waals surface area contributed by atoms with Crippen LogP contribution in [0.15, 0.2) is 6.07 Å². The van der Waals surface area contributed by atoms with E-state index >= 15 is 0 Å². The molecule has 2 rings (SSSR count). The van der Waals surface area contributed by atoms with Gasteiger partial charge in [-0.2, -0.15) is 0 Å². The first-order valence-corrected chi connectivity index (χ1v) is 6.23. The Labute approximate surface area is 108 Å². The molecule has 18 heavy (non-hydrogen) atoms. The Morgan fingerprint density at radius 2 is 2.06 bits per heavy atom. The molecular weight excluding hydrogens is 230 g/mol. The van der Waals surface area contributed by atoms with E-state index in [2.05, 4.69) is 5.32 Å². The summed E-state index contributed by atoms with van der Waals surface area (Å²) in [5.74, 6) is 1.79. The lowest BCUT2D eigenvalue weighted by atomic mass is 9.97. The number of morpholine rings is 1. The highest BCUT2D eigenvalue weighted by atomic mass is 16.5. The fourth-order valence-electron chi connectivity index (χ4n) is 2.51. The second kappa shape index (κ2) is 5.59. The topological polar surface area (TPSA) is 39.7 Å². The zero-order chi connectivity index (χ0) is 13.1. The van der Waals surface area contributed by atoms with Gasteiger partial charge in [0.2, 0.25) is 0 Å². The van der Waals surface area contributed by atoms with Crippen molar-refractivity contribution in [1.82, 2.24) is 5.32 Å². The first kappa shape index (κ1) is 13.2. The fraction of sp³-hybridized carbons (Fsp3) is 0.571. The van der Waals surface area contributed by atoms with Crippen molar-refractivity contribution in [3.63, 3.8) is 0 Å². The van der Waals surface area contributed by atoms with Gasteiger partial charge in [0.25, 0.3) is 0 Å². The summed E-state index contributed by atoms with van der Waals surface area (Å²) in [5.41, 5.74) is 3.26. The third-order valence-electron chi connectivity index (χ3n) is 3.40. The minimum Gasteiger partial charge on any atom is -0.496 e. The molecule has 1 atom stereocenters. The molecule has 0 amide bonds. The summed E-state index contributed by atoms with van der Waals surface area (Å²) < 4.78 is 16.8. The second-order valence-corrected chi connectivity index (χ2v) is 4.53. The summed E-state index contributed by atoms with van der Waals surface area (Å²) in [6.45, 7) is 6.52. The molecule has 0 spiro atoms. The van der Waals surface area contributed by atoms with E-state index in [-0.39, 0.29) is 6.10 Å². The Kier molecular flexibility index (Phi) is 4.09. The lowest BCUT2D eigenvalue weighted by molar-refractivity contribution is 0.0257. The summed E-state index contributed by atoms with van der Waals surface area (Å²) in [6.07, 6.45) is 0.0301. The molecule has 1 unspecified atom stereocenters. The van der Waals surface area contributed by atoms with Gasteiger partial charge in [-0.1, -0.05) is 0 Å². The first-order valence-electron chi connectivity index (χ1n) is 6.23. The summed E-state index contributed by atoms with van der Waals surface area (Å²) in [6, 6.07) is 2.01. The van der Waals surface area contributed by atoms with Crippen LogP contribution in [0.3, 0.4) is 0 Å². The Bertz CT molecular complexity index is 426. The molecule has 1 aromatic carbocycles. The van der Waals surface area contributed by atoms with Crippen molar-refractivity contribution in [2.45, 2.75) is 20.0 Å². The van der Waals surface area contributed by atoms with E-state index in [1.54, 1.807) is 14.2 Å². The van der Waals surface area contributed by atoms with Gasteiger partial charge >= 0.3 is 0 Å². The number of rotatable bonds is 3. The van der Waals surface area contributed by atoms with E-state index in [1.165, 1.54) is 0 Å². The van der Waals surface area contributed by atoms with Crippen LogP contribution in [0, 0.1) is 13.8 Å². The van der Waals surface area contributed by atoms with Crippen molar-refractivity contribution >= 4 is 0 Å². The van der Waals surface area contributed by atoms with Gasteiger partial charge < -0.3 is 19.5 Å². The van der Waals surface area contributed by atoms with E-state index in [1.807, 2.05) is 19.9 Å². The van der Waals surface area contributed by atoms with Crippen molar-refractivity contribution in [2.75, 3.05) is 33.9 Å². The highest BCUT2D eigenvalue weighted by Crippen LogP contribution is 2.38. The quantitative estimate of drug-likeness (QED) is 0.891. The van der Waals surface area contributed by atoms with Gasteiger partial charge in [-0.05, 0) is 25.5 Å². The van der Waals surface area contributed by atoms with Crippen molar-refractivity contribution < 1.29 is 14.2 Å². The first-order chi connectivity index (χ1) is 8.69. The number of hydrogen-bond acceptors (Lipinski definition) is 4. The molecule has 0 radical (unpaired) electrons. The molecule has 1 aromatic rings. The Balaban J connectivity index is 2.50. The molecule has 0 bridgehead atoms. The smallest absolute Gasteiger partial charge is 0.128 e. The van der Waals surface area contributed by atoms with E-state index in [0.29, 0.717) is 0 Å². The lowest BCUT2D eigenvalue weighted by Crippen LogP contribution is -2.34. The normalized spacial score (nSPS) is 19.7. The Morgan fingerprint density at radius 1 is 1.28 bits per heavy atom. The average molecular weight is 251 g/mol. The van der Waals surface area contributed by atoms with Crippen LogP contribution < -0.4 is 14.8 Å². The molecule has 0 aromatic heterocycles. The minimum absolute atomic E-state index is 0.0301. The highest BCUT2D eigenvalue weighted by molar-refractivity contribution is 5.54. The van der Waals surface area contributed by atoms with Crippen molar-refractivity contribution in [1.29, 1.82) is 0 Å². The zero-order valence-corrected chi connectivity index (χ0v) is 11.5. The number of hydrogen-bond donors (Lipinski definition) is 1. The monoisotopic (exact) mass is 251 g/mol. The molecule has 1 aliphatic rings. The number of benzene rings is 1. The van der Waals surface area contributed by atoms with Crippen LogP contribution in [0.5, 0.6) is 11.5 Å². The van der Waals surface area contributed by atoms with Crippen molar-refractivity contribution in [3.8, 4) is 11.5 Å². The average Bonchev–Trinajstić information content (AvgIpc) is 2.41. The molecule has 1 heterocycles. The molecule has 1 saturated heterocycles. The minimum atomic E-state index is 0.0301. The molecule has 0 aliphatic carbocycles. The van der Waals surface area contributed by atoms with E-state index in [9.17, 15) is 0 Å². The number of aryl methyl sites for hydroxylation is 1. The molecule has 0 saturated carbocycles. The number of methoxy groups -OCH3 is 2. The van der Waals surface area contributed by atoms with Gasteiger partial charge in [-0.3, -0.25) is 0 Å². The van der Waals surface area contributed by atoms with Gasteiger partial charge in [-0.15, -0.1) is 0 Å². The molecule has 100 valence electrons. The molecule has 1 N–H and O–H groups in total. The zero-order valence-electron chi connectivity index (χ0n) is 11.5. The molecular formula is C14H21NO3.